The summed E-state index contributed by atoms with van der Waals surface area (Å²) in [6, 6.07) is 24.1. The number of nitrogens with zero attached hydrogens (tertiary/aromatic N) is 2. The number of carboxylic acid groups (broad SMARTS) is 1. The Balaban J connectivity index is 1.62. The molecule has 0 aromatic heterocycles. The normalized spacial score (nSPS) is 10.2. The molecule has 0 aliphatic rings. The fourth-order valence-corrected chi connectivity index (χ4v) is 3.45. The summed E-state index contributed by atoms with van der Waals surface area (Å²) >= 11 is 0. The third-order valence-corrected chi connectivity index (χ3v) is 5.39. The predicted molar refractivity (Wildman–Crippen MR) is 138 cm³/mol. The lowest BCUT2D eigenvalue weighted by Gasteiger charge is -2.25. The van der Waals surface area contributed by atoms with Gasteiger partial charge in [0.25, 0.3) is 0 Å². The molecule has 0 aliphatic carbocycles. The Morgan fingerprint density at radius 3 is 2.08 bits per heavy atom. The van der Waals surface area contributed by atoms with Crippen LogP contribution in [0.2, 0.25) is 0 Å². The third kappa shape index (κ3) is 7.69. The molecular formula is C27H28N4O5. The Bertz CT molecular complexity index is 1200. The zero-order chi connectivity index (χ0) is 25.9. The second kappa shape index (κ2) is 12.7. The van der Waals surface area contributed by atoms with E-state index in [9.17, 15) is 19.2 Å². The number of rotatable bonds is 10. The first-order chi connectivity index (χ1) is 17.3. The Labute approximate surface area is 209 Å². The van der Waals surface area contributed by atoms with Crippen LogP contribution < -0.4 is 20.4 Å². The molecule has 0 bridgehead atoms. The maximum Gasteiger partial charge on any atom is 0.319 e. The second-order valence-electron chi connectivity index (χ2n) is 8.01. The molecule has 3 rings (SSSR count). The van der Waals surface area contributed by atoms with Crippen LogP contribution in [0.3, 0.4) is 0 Å². The van der Waals surface area contributed by atoms with Crippen LogP contribution in [-0.2, 0) is 20.8 Å². The number of urea groups is 1. The molecule has 4 amide bonds. The lowest BCUT2D eigenvalue weighted by molar-refractivity contribution is -0.137. The first kappa shape index (κ1) is 26.0. The first-order valence-electron chi connectivity index (χ1n) is 11.4. The van der Waals surface area contributed by atoms with Crippen LogP contribution in [0, 0.1) is 0 Å². The number of aryl methyl sites for hydroxylation is 1. The number of carbonyl (C=O) groups is 4. The fourth-order valence-electron chi connectivity index (χ4n) is 3.45. The van der Waals surface area contributed by atoms with Crippen molar-refractivity contribution in [2.45, 2.75) is 12.8 Å². The predicted octanol–water partition coefficient (Wildman–Crippen LogP) is 3.52. The topological polar surface area (TPSA) is 119 Å². The van der Waals surface area contributed by atoms with Crippen LogP contribution in [0.1, 0.15) is 12.0 Å². The number of likely N-dealkylation sites (N-methyl/N-ethyl adjacent to an activating group) is 1. The average Bonchev–Trinajstić information content (AvgIpc) is 2.89. The van der Waals surface area contributed by atoms with E-state index in [1.807, 2.05) is 18.2 Å². The molecule has 0 unspecified atom stereocenters. The van der Waals surface area contributed by atoms with Gasteiger partial charge >= 0.3 is 12.0 Å². The van der Waals surface area contributed by atoms with Gasteiger partial charge in [0.2, 0.25) is 11.8 Å². The number of carbonyl (C=O) groups excluding carboxylic acids is 3. The van der Waals surface area contributed by atoms with Crippen LogP contribution in [0.5, 0.6) is 0 Å². The summed E-state index contributed by atoms with van der Waals surface area (Å²) in [7, 11) is 1.64. The zero-order valence-electron chi connectivity index (χ0n) is 19.9. The van der Waals surface area contributed by atoms with Gasteiger partial charge in [0, 0.05) is 30.5 Å². The van der Waals surface area contributed by atoms with Crippen LogP contribution in [0.15, 0.2) is 84.9 Å². The summed E-state index contributed by atoms with van der Waals surface area (Å²) in [5, 5.41) is 14.0. The van der Waals surface area contributed by atoms with Gasteiger partial charge in [-0.3, -0.25) is 14.4 Å². The minimum atomic E-state index is -0.902. The Kier molecular flexibility index (Phi) is 9.16. The maximum absolute atomic E-state index is 13.1. The quantitative estimate of drug-likeness (QED) is 0.403. The van der Waals surface area contributed by atoms with E-state index in [1.54, 1.807) is 73.8 Å². The Morgan fingerprint density at radius 2 is 1.44 bits per heavy atom. The SMILES string of the molecule is CN(C(=O)CN(C(=O)CNC(=O)Nc1cccc(CCC(=O)O)c1)c1ccccc1)c1ccccc1. The summed E-state index contributed by atoms with van der Waals surface area (Å²) in [6.07, 6.45) is 0.320. The van der Waals surface area contributed by atoms with Crippen molar-refractivity contribution in [3.8, 4) is 0 Å². The van der Waals surface area contributed by atoms with E-state index in [1.165, 1.54) is 9.80 Å². The van der Waals surface area contributed by atoms with Gasteiger partial charge in [-0.2, -0.15) is 0 Å². The number of anilines is 3. The third-order valence-electron chi connectivity index (χ3n) is 5.39. The molecule has 0 heterocycles. The number of benzene rings is 3. The number of carboxylic acids is 1. The standard InChI is InChI=1S/C27H28N4O5/c1-30(22-11-4-2-5-12-22)25(33)19-31(23-13-6-3-7-14-23)24(32)18-28-27(36)29-21-10-8-9-20(17-21)15-16-26(34)35/h2-14,17H,15-16,18-19H2,1H3,(H,34,35)(H2,28,29,36). The molecule has 3 aromatic carbocycles. The number of para-hydroxylation sites is 2. The molecule has 0 radical (unpaired) electrons. The summed E-state index contributed by atoms with van der Waals surface area (Å²) in [5.41, 5.74) is 2.47. The highest BCUT2D eigenvalue weighted by Gasteiger charge is 2.22. The van der Waals surface area contributed by atoms with Crippen molar-refractivity contribution in [1.82, 2.24) is 5.32 Å². The second-order valence-corrected chi connectivity index (χ2v) is 8.01. The van der Waals surface area contributed by atoms with Crippen molar-refractivity contribution in [2.24, 2.45) is 0 Å². The van der Waals surface area contributed by atoms with E-state index < -0.39 is 17.9 Å². The van der Waals surface area contributed by atoms with E-state index in [2.05, 4.69) is 10.6 Å². The van der Waals surface area contributed by atoms with Crippen LogP contribution in [-0.4, -0.2) is 49.1 Å². The van der Waals surface area contributed by atoms with E-state index in [0.717, 1.165) is 5.56 Å². The number of nitrogens with one attached hydrogen (secondary N) is 2. The molecule has 3 aromatic rings. The van der Waals surface area contributed by atoms with Gasteiger partial charge in [-0.25, -0.2) is 4.79 Å². The van der Waals surface area contributed by atoms with Gasteiger partial charge in [-0.15, -0.1) is 0 Å². The number of hydrogen-bond acceptors (Lipinski definition) is 4. The van der Waals surface area contributed by atoms with Crippen molar-refractivity contribution in [2.75, 3.05) is 35.3 Å². The van der Waals surface area contributed by atoms with E-state index >= 15 is 0 Å². The maximum atomic E-state index is 13.1. The van der Waals surface area contributed by atoms with Gasteiger partial charge in [0.05, 0.1) is 6.54 Å². The molecule has 0 fully saturated rings. The highest BCUT2D eigenvalue weighted by atomic mass is 16.4. The molecule has 0 saturated carbocycles. The monoisotopic (exact) mass is 488 g/mol. The van der Waals surface area contributed by atoms with E-state index in [4.69, 9.17) is 5.11 Å². The summed E-state index contributed by atoms with van der Waals surface area (Å²) < 4.78 is 0. The molecule has 9 nitrogen and oxygen atoms in total. The number of hydrogen-bond donors (Lipinski definition) is 3. The lowest BCUT2D eigenvalue weighted by atomic mass is 10.1. The molecule has 36 heavy (non-hydrogen) atoms. The highest BCUT2D eigenvalue weighted by Crippen LogP contribution is 2.16. The highest BCUT2D eigenvalue weighted by molar-refractivity contribution is 6.05. The van der Waals surface area contributed by atoms with Crippen molar-refractivity contribution in [3.05, 3.63) is 90.5 Å². The molecular weight excluding hydrogens is 460 g/mol. The van der Waals surface area contributed by atoms with Gasteiger partial charge in [-0.05, 0) is 48.4 Å². The van der Waals surface area contributed by atoms with Gasteiger partial charge in [0.15, 0.2) is 0 Å². The molecule has 3 N–H and O–H groups in total. The number of amides is 4. The largest absolute Gasteiger partial charge is 0.481 e. The van der Waals surface area contributed by atoms with Crippen molar-refractivity contribution in [3.63, 3.8) is 0 Å². The van der Waals surface area contributed by atoms with Crippen LogP contribution in [0.4, 0.5) is 21.9 Å². The minimum Gasteiger partial charge on any atom is -0.481 e. The Hall–Kier alpha value is -4.66. The van der Waals surface area contributed by atoms with Crippen LogP contribution >= 0.6 is 0 Å². The lowest BCUT2D eigenvalue weighted by Crippen LogP contribution is -2.46. The van der Waals surface area contributed by atoms with E-state index in [0.29, 0.717) is 23.5 Å². The zero-order valence-corrected chi connectivity index (χ0v) is 19.9. The molecule has 9 heteroatoms. The summed E-state index contributed by atoms with van der Waals surface area (Å²) in [6.45, 7) is -0.537. The minimum absolute atomic E-state index is 0.0162. The molecule has 0 aliphatic heterocycles. The van der Waals surface area contributed by atoms with Gasteiger partial charge in [0.1, 0.15) is 6.54 Å². The van der Waals surface area contributed by atoms with Gasteiger partial charge in [-0.1, -0.05) is 48.5 Å². The molecule has 0 saturated heterocycles. The smallest absolute Gasteiger partial charge is 0.319 e. The summed E-state index contributed by atoms with van der Waals surface area (Å²) in [4.78, 5) is 52.0. The van der Waals surface area contributed by atoms with E-state index in [-0.39, 0.29) is 25.4 Å². The first-order valence-corrected chi connectivity index (χ1v) is 11.4. The van der Waals surface area contributed by atoms with Crippen molar-refractivity contribution in [1.29, 1.82) is 0 Å². The van der Waals surface area contributed by atoms with Gasteiger partial charge < -0.3 is 25.5 Å². The Morgan fingerprint density at radius 1 is 0.806 bits per heavy atom. The molecule has 0 atom stereocenters. The number of aliphatic carboxylic acids is 1. The molecule has 186 valence electrons. The van der Waals surface area contributed by atoms with Crippen LogP contribution in [0.25, 0.3) is 0 Å². The van der Waals surface area contributed by atoms with Crippen molar-refractivity contribution < 1.29 is 24.3 Å². The average molecular weight is 489 g/mol. The summed E-state index contributed by atoms with van der Waals surface area (Å²) in [5.74, 6) is -1.65. The fraction of sp³-hybridized carbons (Fsp3) is 0.185. The van der Waals surface area contributed by atoms with Crippen molar-refractivity contribution >= 4 is 40.9 Å². The molecule has 0 spiro atoms.